The Labute approximate surface area is 138 Å². The topological polar surface area (TPSA) is 51.1 Å². The van der Waals surface area contributed by atoms with Crippen molar-refractivity contribution >= 4 is 33.2 Å². The highest BCUT2D eigenvalue weighted by atomic mass is 32.1. The lowest BCUT2D eigenvalue weighted by Gasteiger charge is -2.05. The molecule has 4 nitrogen and oxygen atoms in total. The zero-order valence-corrected chi connectivity index (χ0v) is 12.9. The summed E-state index contributed by atoms with van der Waals surface area (Å²) in [4.78, 5) is 24.2. The third-order valence-electron chi connectivity index (χ3n) is 3.32. The van der Waals surface area contributed by atoms with Crippen molar-refractivity contribution in [2.45, 2.75) is 12.7 Å². The van der Waals surface area contributed by atoms with Gasteiger partial charge in [0.2, 0.25) is 5.91 Å². The van der Waals surface area contributed by atoms with Gasteiger partial charge in [0.1, 0.15) is 6.54 Å². The fraction of sp³-hybridized carbons (Fsp3) is 0.125. The van der Waals surface area contributed by atoms with Crippen molar-refractivity contribution in [1.82, 2.24) is 3.96 Å². The predicted molar refractivity (Wildman–Crippen MR) is 86.2 cm³/mol. The highest BCUT2D eigenvalue weighted by Crippen LogP contribution is 2.31. The number of fused-ring (bicyclic) bond motifs is 1. The summed E-state index contributed by atoms with van der Waals surface area (Å²) in [5, 5.41) is 2.79. The Morgan fingerprint density at radius 2 is 1.83 bits per heavy atom. The minimum absolute atomic E-state index is 0.167. The fourth-order valence-electron chi connectivity index (χ4n) is 2.20. The minimum Gasteiger partial charge on any atom is -0.325 e. The van der Waals surface area contributed by atoms with Gasteiger partial charge in [0.25, 0.3) is 5.56 Å². The van der Waals surface area contributed by atoms with Crippen molar-refractivity contribution in [3.63, 3.8) is 0 Å². The van der Waals surface area contributed by atoms with E-state index in [1.165, 1.54) is 0 Å². The number of halogens is 3. The Bertz CT molecular complexity index is 945. The molecule has 0 unspecified atom stereocenters. The quantitative estimate of drug-likeness (QED) is 0.781. The zero-order valence-electron chi connectivity index (χ0n) is 12.1. The van der Waals surface area contributed by atoms with Crippen LogP contribution in [-0.2, 0) is 17.5 Å². The number of carbonyl (C=O) groups is 1. The summed E-state index contributed by atoms with van der Waals surface area (Å²) in [7, 11) is 0. The Balaban J connectivity index is 1.86. The molecule has 0 aliphatic heterocycles. The van der Waals surface area contributed by atoms with Gasteiger partial charge in [-0.3, -0.25) is 13.5 Å². The molecule has 1 heterocycles. The molecule has 0 radical (unpaired) electrons. The molecule has 0 saturated carbocycles. The Morgan fingerprint density at radius 1 is 1.12 bits per heavy atom. The Kier molecular flexibility index (Phi) is 4.15. The number of amides is 1. The maximum atomic E-state index is 12.7. The molecule has 1 amide bonds. The van der Waals surface area contributed by atoms with Crippen molar-refractivity contribution in [3.05, 3.63) is 64.4 Å². The summed E-state index contributed by atoms with van der Waals surface area (Å²) in [5.74, 6) is -0.425. The first kappa shape index (κ1) is 16.3. The smallest absolute Gasteiger partial charge is 0.325 e. The van der Waals surface area contributed by atoms with E-state index < -0.39 is 23.2 Å². The van der Waals surface area contributed by atoms with E-state index in [4.69, 9.17) is 0 Å². The van der Waals surface area contributed by atoms with Crippen LogP contribution in [0, 0.1) is 0 Å². The highest BCUT2D eigenvalue weighted by Gasteiger charge is 2.31. The van der Waals surface area contributed by atoms with Crippen molar-refractivity contribution in [2.75, 3.05) is 5.32 Å². The molecule has 0 aliphatic carbocycles. The number of alkyl halides is 3. The second kappa shape index (κ2) is 6.12. The first-order valence-electron chi connectivity index (χ1n) is 6.90. The van der Waals surface area contributed by atoms with E-state index in [-0.39, 0.29) is 16.6 Å². The summed E-state index contributed by atoms with van der Waals surface area (Å²) >= 11 is 0.836. The molecule has 1 aromatic heterocycles. The number of benzene rings is 2. The van der Waals surface area contributed by atoms with Gasteiger partial charge in [-0.05, 0) is 30.3 Å². The molecule has 0 atom stereocenters. The monoisotopic (exact) mass is 352 g/mol. The van der Waals surface area contributed by atoms with E-state index in [2.05, 4.69) is 5.32 Å². The molecule has 8 heteroatoms. The summed E-state index contributed by atoms with van der Waals surface area (Å²) < 4.78 is 39.5. The molecule has 0 fully saturated rings. The minimum atomic E-state index is -4.48. The standard InChI is InChI=1S/C16H11F3N2O2S/c17-16(18,19)10-6-7-12-13(8-10)24-21(15(12)23)9-14(22)20-11-4-2-1-3-5-11/h1-8H,9H2,(H,20,22). The average molecular weight is 352 g/mol. The van der Waals surface area contributed by atoms with E-state index in [0.717, 1.165) is 33.7 Å². The molecular formula is C16H11F3N2O2S. The lowest BCUT2D eigenvalue weighted by Crippen LogP contribution is -2.23. The number of rotatable bonds is 3. The number of aromatic nitrogens is 1. The SMILES string of the molecule is O=C(Cn1sc2cc(C(F)(F)F)ccc2c1=O)Nc1ccccc1. The van der Waals surface area contributed by atoms with Gasteiger partial charge in [-0.2, -0.15) is 13.2 Å². The molecule has 124 valence electrons. The summed E-state index contributed by atoms with van der Waals surface area (Å²) in [6, 6.07) is 11.6. The summed E-state index contributed by atoms with van der Waals surface area (Å²) in [6.07, 6.45) is -4.48. The third kappa shape index (κ3) is 3.33. The molecule has 0 saturated heterocycles. The number of nitrogens with zero attached hydrogens (tertiary/aromatic N) is 1. The van der Waals surface area contributed by atoms with E-state index >= 15 is 0 Å². The molecule has 2 aromatic carbocycles. The fourth-order valence-corrected chi connectivity index (χ4v) is 3.24. The summed E-state index contributed by atoms with van der Waals surface area (Å²) in [5.41, 5.74) is -0.722. The Morgan fingerprint density at radius 3 is 2.50 bits per heavy atom. The summed E-state index contributed by atoms with van der Waals surface area (Å²) in [6.45, 7) is -0.256. The first-order chi connectivity index (χ1) is 11.3. The highest BCUT2D eigenvalue weighted by molar-refractivity contribution is 7.13. The maximum absolute atomic E-state index is 12.7. The first-order valence-corrected chi connectivity index (χ1v) is 7.68. The van der Waals surface area contributed by atoms with E-state index in [9.17, 15) is 22.8 Å². The average Bonchev–Trinajstić information content (AvgIpc) is 2.83. The molecular weight excluding hydrogens is 341 g/mol. The number of nitrogens with one attached hydrogen (secondary N) is 1. The lowest BCUT2D eigenvalue weighted by molar-refractivity contribution is -0.137. The van der Waals surface area contributed by atoms with Gasteiger partial charge in [0, 0.05) is 5.69 Å². The van der Waals surface area contributed by atoms with Crippen LogP contribution in [0.15, 0.2) is 53.3 Å². The maximum Gasteiger partial charge on any atom is 0.416 e. The van der Waals surface area contributed by atoms with Crippen LogP contribution >= 0.6 is 11.5 Å². The molecule has 0 bridgehead atoms. The number of para-hydroxylation sites is 1. The zero-order chi connectivity index (χ0) is 17.3. The predicted octanol–water partition coefficient (Wildman–Crippen LogP) is 3.72. The van der Waals surface area contributed by atoms with Gasteiger partial charge in [-0.25, -0.2) is 0 Å². The molecule has 1 N–H and O–H groups in total. The van der Waals surface area contributed by atoms with Gasteiger partial charge in [-0.15, -0.1) is 0 Å². The van der Waals surface area contributed by atoms with Crippen LogP contribution in [0.1, 0.15) is 5.56 Å². The normalized spacial score (nSPS) is 11.6. The third-order valence-corrected chi connectivity index (χ3v) is 4.37. The van der Waals surface area contributed by atoms with Crippen molar-refractivity contribution in [1.29, 1.82) is 0 Å². The molecule has 24 heavy (non-hydrogen) atoms. The largest absolute Gasteiger partial charge is 0.416 e. The van der Waals surface area contributed by atoms with Gasteiger partial charge in [0.15, 0.2) is 0 Å². The molecule has 3 aromatic rings. The van der Waals surface area contributed by atoms with Gasteiger partial charge >= 0.3 is 6.18 Å². The van der Waals surface area contributed by atoms with Crippen LogP contribution in [0.2, 0.25) is 0 Å². The van der Waals surface area contributed by atoms with Crippen LogP contribution in [0.3, 0.4) is 0 Å². The molecule has 3 rings (SSSR count). The van der Waals surface area contributed by atoms with Crippen molar-refractivity contribution in [3.8, 4) is 0 Å². The number of hydrogen-bond donors (Lipinski definition) is 1. The van der Waals surface area contributed by atoms with Gasteiger partial charge in [0.05, 0.1) is 15.6 Å². The number of hydrogen-bond acceptors (Lipinski definition) is 3. The second-order valence-corrected chi connectivity index (χ2v) is 6.12. The number of anilines is 1. The van der Waals surface area contributed by atoms with Crippen molar-refractivity contribution < 1.29 is 18.0 Å². The van der Waals surface area contributed by atoms with Crippen LogP contribution in [-0.4, -0.2) is 9.86 Å². The molecule has 0 spiro atoms. The van der Waals surface area contributed by atoms with Crippen molar-refractivity contribution in [2.24, 2.45) is 0 Å². The second-order valence-electron chi connectivity index (χ2n) is 5.06. The molecule has 0 aliphatic rings. The Hall–Kier alpha value is -2.61. The van der Waals surface area contributed by atoms with Gasteiger partial charge in [-0.1, -0.05) is 29.7 Å². The van der Waals surface area contributed by atoms with E-state index in [1.54, 1.807) is 30.3 Å². The van der Waals surface area contributed by atoms with Gasteiger partial charge < -0.3 is 5.32 Å². The van der Waals surface area contributed by atoms with Crippen LogP contribution in [0.5, 0.6) is 0 Å². The van der Waals surface area contributed by atoms with E-state index in [1.807, 2.05) is 0 Å². The van der Waals surface area contributed by atoms with Crippen LogP contribution in [0.4, 0.5) is 18.9 Å². The van der Waals surface area contributed by atoms with Crippen LogP contribution < -0.4 is 10.9 Å². The van der Waals surface area contributed by atoms with Crippen LogP contribution in [0.25, 0.3) is 10.1 Å². The number of carbonyl (C=O) groups excluding carboxylic acids is 1. The lowest BCUT2D eigenvalue weighted by atomic mass is 10.2. The van der Waals surface area contributed by atoms with E-state index in [0.29, 0.717) is 5.69 Å².